The van der Waals surface area contributed by atoms with Gasteiger partial charge in [-0.3, -0.25) is 0 Å². The van der Waals surface area contributed by atoms with E-state index in [1.165, 1.54) is 6.07 Å². The van der Waals surface area contributed by atoms with E-state index < -0.39 is 11.8 Å². The summed E-state index contributed by atoms with van der Waals surface area (Å²) in [6.07, 6.45) is 1.15. The molecule has 0 amide bonds. The van der Waals surface area contributed by atoms with Crippen molar-refractivity contribution in [2.75, 3.05) is 0 Å². The van der Waals surface area contributed by atoms with Crippen molar-refractivity contribution in [2.24, 2.45) is 0 Å². The molecule has 2 aromatic rings. The van der Waals surface area contributed by atoms with Crippen LogP contribution in [0.2, 0.25) is 5.02 Å². The Balaban J connectivity index is 2.44. The summed E-state index contributed by atoms with van der Waals surface area (Å²) in [7, 11) is 0. The van der Waals surface area contributed by atoms with E-state index in [4.69, 9.17) is 16.7 Å². The summed E-state index contributed by atoms with van der Waals surface area (Å²) in [4.78, 5) is 10.7. The molecule has 2 aromatic carbocycles. The molecule has 2 rings (SSSR count). The number of benzene rings is 2. The van der Waals surface area contributed by atoms with Crippen LogP contribution in [0.3, 0.4) is 0 Å². The molecule has 102 valence electrons. The summed E-state index contributed by atoms with van der Waals surface area (Å²) >= 11 is 5.77. The number of carboxylic acid groups (broad SMARTS) is 1. The first kappa shape index (κ1) is 14.3. The summed E-state index contributed by atoms with van der Waals surface area (Å²) in [5.41, 5.74) is 3.07. The zero-order chi connectivity index (χ0) is 14.7. The molecule has 20 heavy (non-hydrogen) atoms. The number of hydrogen-bond acceptors (Lipinski definition) is 1. The molecule has 0 aliphatic rings. The first-order chi connectivity index (χ1) is 9.47. The fourth-order valence-electron chi connectivity index (χ4n) is 1.89. The van der Waals surface area contributed by atoms with Crippen LogP contribution in [0.5, 0.6) is 0 Å². The van der Waals surface area contributed by atoms with Crippen molar-refractivity contribution in [2.45, 2.75) is 6.92 Å². The predicted octanol–water partition coefficient (Wildman–Crippen LogP) is 4.63. The number of rotatable bonds is 3. The molecule has 0 heterocycles. The van der Waals surface area contributed by atoms with Crippen molar-refractivity contribution >= 4 is 23.1 Å². The third-order valence-corrected chi connectivity index (χ3v) is 3.20. The molecule has 1 N–H and O–H groups in total. The summed E-state index contributed by atoms with van der Waals surface area (Å²) in [5, 5.41) is 8.82. The van der Waals surface area contributed by atoms with Gasteiger partial charge < -0.3 is 5.11 Å². The lowest BCUT2D eigenvalue weighted by Gasteiger charge is -2.06. The Morgan fingerprint density at radius 2 is 1.90 bits per heavy atom. The van der Waals surface area contributed by atoms with Crippen LogP contribution < -0.4 is 0 Å². The van der Waals surface area contributed by atoms with Crippen LogP contribution in [-0.2, 0) is 4.79 Å². The van der Waals surface area contributed by atoms with Gasteiger partial charge in [0.15, 0.2) is 0 Å². The fraction of sp³-hybridized carbons (Fsp3) is 0.0625. The molecule has 0 aromatic heterocycles. The van der Waals surface area contributed by atoms with E-state index in [1.54, 1.807) is 19.1 Å². The summed E-state index contributed by atoms with van der Waals surface area (Å²) in [5.74, 6) is -1.45. The quantitative estimate of drug-likeness (QED) is 0.837. The minimum atomic E-state index is -0.988. The van der Waals surface area contributed by atoms with Crippen LogP contribution in [0.4, 0.5) is 4.39 Å². The molecule has 0 saturated heterocycles. The van der Waals surface area contributed by atoms with E-state index in [-0.39, 0.29) is 5.02 Å². The third-order valence-electron chi connectivity index (χ3n) is 2.91. The Bertz CT molecular complexity index is 693. The van der Waals surface area contributed by atoms with Gasteiger partial charge >= 0.3 is 5.97 Å². The molecule has 0 radical (unpaired) electrons. The van der Waals surface area contributed by atoms with Crippen LogP contribution in [0.25, 0.3) is 16.7 Å². The van der Waals surface area contributed by atoms with E-state index in [0.29, 0.717) is 5.57 Å². The van der Waals surface area contributed by atoms with Gasteiger partial charge in [0.05, 0.1) is 5.02 Å². The number of halogens is 2. The molecule has 0 saturated carbocycles. The van der Waals surface area contributed by atoms with Gasteiger partial charge in [0, 0.05) is 6.08 Å². The van der Waals surface area contributed by atoms with Gasteiger partial charge in [-0.05, 0) is 47.4 Å². The SMILES string of the molecule is C/C(=C\C(=O)O)c1cccc(-c2ccc(F)c(Cl)c2)c1. The molecule has 2 nitrogen and oxygen atoms in total. The van der Waals surface area contributed by atoms with E-state index >= 15 is 0 Å². The summed E-state index contributed by atoms with van der Waals surface area (Å²) < 4.78 is 13.2. The lowest BCUT2D eigenvalue weighted by molar-refractivity contribution is -0.131. The molecule has 0 spiro atoms. The zero-order valence-corrected chi connectivity index (χ0v) is 11.5. The third kappa shape index (κ3) is 3.25. The van der Waals surface area contributed by atoms with Crippen molar-refractivity contribution in [3.05, 3.63) is 64.9 Å². The second-order valence-electron chi connectivity index (χ2n) is 4.38. The van der Waals surface area contributed by atoms with E-state index in [9.17, 15) is 9.18 Å². The Labute approximate surface area is 121 Å². The first-order valence-corrected chi connectivity index (χ1v) is 6.32. The summed E-state index contributed by atoms with van der Waals surface area (Å²) in [6.45, 7) is 1.73. The van der Waals surface area contributed by atoms with Crippen LogP contribution in [-0.4, -0.2) is 11.1 Å². The number of allylic oxidation sites excluding steroid dienone is 1. The molecule has 4 heteroatoms. The Hall–Kier alpha value is -2.13. The zero-order valence-electron chi connectivity index (χ0n) is 10.7. The minimum absolute atomic E-state index is 0.0608. The van der Waals surface area contributed by atoms with Crippen molar-refractivity contribution in [3.8, 4) is 11.1 Å². The molecule has 0 unspecified atom stereocenters. The van der Waals surface area contributed by atoms with E-state index in [1.807, 2.05) is 24.3 Å². The van der Waals surface area contributed by atoms with Crippen LogP contribution in [0.15, 0.2) is 48.5 Å². The smallest absolute Gasteiger partial charge is 0.328 e. The highest BCUT2D eigenvalue weighted by atomic mass is 35.5. The second kappa shape index (κ2) is 5.88. The average molecular weight is 291 g/mol. The molecule has 0 aliphatic heterocycles. The number of aliphatic carboxylic acids is 1. The van der Waals surface area contributed by atoms with Gasteiger partial charge in [-0.25, -0.2) is 9.18 Å². The number of carboxylic acids is 1. The van der Waals surface area contributed by atoms with Gasteiger partial charge in [0.1, 0.15) is 5.82 Å². The monoisotopic (exact) mass is 290 g/mol. The van der Waals surface area contributed by atoms with Crippen LogP contribution in [0, 0.1) is 5.82 Å². The van der Waals surface area contributed by atoms with Gasteiger partial charge in [-0.15, -0.1) is 0 Å². The van der Waals surface area contributed by atoms with Crippen molar-refractivity contribution < 1.29 is 14.3 Å². The first-order valence-electron chi connectivity index (χ1n) is 5.94. The highest BCUT2D eigenvalue weighted by Crippen LogP contribution is 2.27. The average Bonchev–Trinajstić information content (AvgIpc) is 2.41. The van der Waals surface area contributed by atoms with Crippen molar-refractivity contribution in [3.63, 3.8) is 0 Å². The predicted molar refractivity (Wildman–Crippen MR) is 78.1 cm³/mol. The summed E-state index contributed by atoms with van der Waals surface area (Å²) in [6, 6.07) is 11.8. The standard InChI is InChI=1S/C16H12ClFO2/c1-10(7-16(19)20)11-3-2-4-12(8-11)13-5-6-15(18)14(17)9-13/h2-9H,1H3,(H,19,20)/b10-7+. The maximum absolute atomic E-state index is 13.2. The van der Waals surface area contributed by atoms with E-state index in [0.717, 1.165) is 22.8 Å². The Morgan fingerprint density at radius 3 is 2.55 bits per heavy atom. The van der Waals surface area contributed by atoms with Gasteiger partial charge in [-0.2, -0.15) is 0 Å². The molecule has 0 fully saturated rings. The maximum Gasteiger partial charge on any atom is 0.328 e. The van der Waals surface area contributed by atoms with E-state index in [2.05, 4.69) is 0 Å². The highest BCUT2D eigenvalue weighted by Gasteiger charge is 2.05. The minimum Gasteiger partial charge on any atom is -0.478 e. The Morgan fingerprint density at radius 1 is 1.20 bits per heavy atom. The van der Waals surface area contributed by atoms with Crippen molar-refractivity contribution in [1.29, 1.82) is 0 Å². The molecular weight excluding hydrogens is 279 g/mol. The highest BCUT2D eigenvalue weighted by molar-refractivity contribution is 6.31. The number of carbonyl (C=O) groups is 1. The number of hydrogen-bond donors (Lipinski definition) is 1. The molecule has 0 bridgehead atoms. The topological polar surface area (TPSA) is 37.3 Å². The fourth-order valence-corrected chi connectivity index (χ4v) is 2.07. The van der Waals surface area contributed by atoms with Gasteiger partial charge in [0.2, 0.25) is 0 Å². The Kier molecular flexibility index (Phi) is 4.20. The second-order valence-corrected chi connectivity index (χ2v) is 4.78. The normalized spacial score (nSPS) is 11.4. The van der Waals surface area contributed by atoms with Gasteiger partial charge in [-0.1, -0.05) is 35.9 Å². The lowest BCUT2D eigenvalue weighted by atomic mass is 9.99. The largest absolute Gasteiger partial charge is 0.478 e. The maximum atomic E-state index is 13.2. The molecular formula is C16H12ClFO2. The van der Waals surface area contributed by atoms with Crippen LogP contribution in [0.1, 0.15) is 12.5 Å². The molecule has 0 atom stereocenters. The van der Waals surface area contributed by atoms with Crippen molar-refractivity contribution in [1.82, 2.24) is 0 Å². The van der Waals surface area contributed by atoms with Gasteiger partial charge in [0.25, 0.3) is 0 Å². The van der Waals surface area contributed by atoms with Crippen LogP contribution >= 0.6 is 11.6 Å². The lowest BCUT2D eigenvalue weighted by Crippen LogP contribution is -1.90. The molecule has 0 aliphatic carbocycles.